The third-order valence-corrected chi connectivity index (χ3v) is 9.33. The number of aliphatic hydroxyl groups excluding tert-OH is 1. The zero-order chi connectivity index (χ0) is 26.3. The van der Waals surface area contributed by atoms with Gasteiger partial charge >= 0.3 is 7.52 Å². The Labute approximate surface area is 220 Å². The smallest absolute Gasteiger partial charge is 0.334 e. The molecule has 0 saturated heterocycles. The number of rotatable bonds is 13. The van der Waals surface area contributed by atoms with Gasteiger partial charge in [0.1, 0.15) is 5.69 Å². The van der Waals surface area contributed by atoms with E-state index < -0.39 is 12.9 Å². The standard InChI is InChI=1S/C25H34N3O5PS2/c1-17(2)14-20-22(28-24(26)36-20)19-10-11-21(33-19)34(31,27-15-18-8-6-5-7-9-18)32-12-13-35-23(30)25(3,4)16-29/h5-11,17,29H,12-16H2,1-4H3,(H2,26,28)(H,27,31). The fourth-order valence-corrected chi connectivity index (χ4v) is 6.81. The number of carbonyl (C=O) groups is 1. The fourth-order valence-electron chi connectivity index (χ4n) is 3.22. The van der Waals surface area contributed by atoms with Crippen molar-refractivity contribution in [3.8, 4) is 11.5 Å². The lowest BCUT2D eigenvalue weighted by atomic mass is 9.97. The highest BCUT2D eigenvalue weighted by atomic mass is 32.2. The number of furan rings is 1. The van der Waals surface area contributed by atoms with Crippen molar-refractivity contribution in [3.63, 3.8) is 0 Å². The van der Waals surface area contributed by atoms with E-state index in [-0.39, 0.29) is 29.6 Å². The van der Waals surface area contributed by atoms with Crippen molar-refractivity contribution >= 4 is 46.4 Å². The molecule has 1 atom stereocenters. The van der Waals surface area contributed by atoms with E-state index >= 15 is 0 Å². The van der Waals surface area contributed by atoms with Crippen LogP contribution in [0.25, 0.3) is 11.5 Å². The normalized spacial score (nSPS) is 13.7. The minimum atomic E-state index is -3.63. The number of aliphatic hydroxyl groups is 1. The van der Waals surface area contributed by atoms with E-state index in [1.807, 2.05) is 30.3 Å². The minimum absolute atomic E-state index is 0.0509. The highest BCUT2D eigenvalue weighted by Gasteiger charge is 2.32. The Balaban J connectivity index is 1.79. The maximum Gasteiger partial charge on any atom is 0.334 e. The highest BCUT2D eigenvalue weighted by molar-refractivity contribution is 8.13. The molecular formula is C25H34N3O5PS2. The number of nitrogens with one attached hydrogen (secondary N) is 1. The molecule has 0 aliphatic heterocycles. The predicted molar refractivity (Wildman–Crippen MR) is 148 cm³/mol. The number of anilines is 1. The van der Waals surface area contributed by atoms with E-state index in [1.165, 1.54) is 11.3 Å². The number of aromatic nitrogens is 1. The number of hydrogen-bond donors (Lipinski definition) is 3. The third-order valence-electron chi connectivity index (χ3n) is 5.29. The van der Waals surface area contributed by atoms with E-state index in [4.69, 9.17) is 14.7 Å². The van der Waals surface area contributed by atoms with Gasteiger partial charge in [-0.3, -0.25) is 9.36 Å². The summed E-state index contributed by atoms with van der Waals surface area (Å²) in [7, 11) is -3.63. The summed E-state index contributed by atoms with van der Waals surface area (Å²) < 4.78 is 25.9. The van der Waals surface area contributed by atoms with Crippen LogP contribution in [-0.4, -0.2) is 34.2 Å². The van der Waals surface area contributed by atoms with Gasteiger partial charge < -0.3 is 19.8 Å². The summed E-state index contributed by atoms with van der Waals surface area (Å²) >= 11 is 2.47. The largest absolute Gasteiger partial charge is 0.448 e. The summed E-state index contributed by atoms with van der Waals surface area (Å²) in [6.45, 7) is 7.71. The molecule has 36 heavy (non-hydrogen) atoms. The Kier molecular flexibility index (Phi) is 9.97. The zero-order valence-corrected chi connectivity index (χ0v) is 23.6. The molecule has 3 rings (SSSR count). The lowest BCUT2D eigenvalue weighted by molar-refractivity contribution is -0.119. The van der Waals surface area contributed by atoms with Gasteiger partial charge in [-0.2, -0.15) is 0 Å². The van der Waals surface area contributed by atoms with Crippen molar-refractivity contribution in [1.82, 2.24) is 10.1 Å². The molecule has 4 N–H and O–H groups in total. The summed E-state index contributed by atoms with van der Waals surface area (Å²) in [5.41, 5.74) is 6.88. The van der Waals surface area contributed by atoms with Crippen LogP contribution in [0.15, 0.2) is 46.9 Å². The average molecular weight is 552 g/mol. The second kappa shape index (κ2) is 12.5. The third kappa shape index (κ3) is 7.54. The first kappa shape index (κ1) is 28.6. The van der Waals surface area contributed by atoms with Crippen LogP contribution < -0.4 is 16.3 Å². The highest BCUT2D eigenvalue weighted by Crippen LogP contribution is 2.44. The number of nitrogens with two attached hydrogens (primary N) is 1. The van der Waals surface area contributed by atoms with Gasteiger partial charge in [-0.15, -0.1) is 11.3 Å². The second-order valence-corrected chi connectivity index (χ2v) is 13.7. The summed E-state index contributed by atoms with van der Waals surface area (Å²) in [4.78, 5) is 17.8. The van der Waals surface area contributed by atoms with Crippen LogP contribution in [0.1, 0.15) is 38.1 Å². The van der Waals surface area contributed by atoms with Gasteiger partial charge in [0, 0.05) is 17.2 Å². The molecule has 2 aromatic heterocycles. The molecule has 0 bridgehead atoms. The van der Waals surface area contributed by atoms with E-state index in [2.05, 4.69) is 23.9 Å². The van der Waals surface area contributed by atoms with Gasteiger partial charge in [-0.05, 0) is 43.9 Å². The topological polar surface area (TPSA) is 128 Å². The van der Waals surface area contributed by atoms with Crippen LogP contribution >= 0.6 is 30.6 Å². The molecule has 1 aromatic carbocycles. The van der Waals surface area contributed by atoms with Crippen molar-refractivity contribution in [3.05, 3.63) is 52.9 Å². The molecule has 0 aliphatic carbocycles. The van der Waals surface area contributed by atoms with E-state index in [1.54, 1.807) is 26.0 Å². The van der Waals surface area contributed by atoms with Crippen LogP contribution in [0.5, 0.6) is 0 Å². The zero-order valence-electron chi connectivity index (χ0n) is 21.0. The molecule has 1 unspecified atom stereocenters. The van der Waals surface area contributed by atoms with Crippen LogP contribution in [-0.2, 0) is 26.8 Å². The first-order valence-corrected chi connectivity index (χ1v) is 15.1. The average Bonchev–Trinajstić information content (AvgIpc) is 3.47. The molecule has 0 aliphatic rings. The maximum absolute atomic E-state index is 14.0. The first-order chi connectivity index (χ1) is 17.0. The van der Waals surface area contributed by atoms with Gasteiger partial charge in [0.25, 0.3) is 0 Å². The number of hydrogen-bond acceptors (Lipinski definition) is 9. The molecule has 2 heterocycles. The van der Waals surface area contributed by atoms with Crippen LogP contribution in [0.2, 0.25) is 0 Å². The Bertz CT molecular complexity index is 1190. The van der Waals surface area contributed by atoms with Crippen molar-refractivity contribution < 1.29 is 23.4 Å². The van der Waals surface area contributed by atoms with Crippen LogP contribution in [0.4, 0.5) is 5.13 Å². The SMILES string of the molecule is CC(C)Cc1sc(N)nc1-c1ccc(P(=O)(NCc2ccccc2)OCCSC(=O)C(C)(C)CO)o1. The molecule has 0 amide bonds. The molecular weight excluding hydrogens is 517 g/mol. The van der Waals surface area contributed by atoms with Crippen molar-refractivity contribution in [2.45, 2.75) is 40.7 Å². The second-order valence-electron chi connectivity index (χ2n) is 9.44. The van der Waals surface area contributed by atoms with Gasteiger partial charge in [-0.25, -0.2) is 10.1 Å². The number of thioether (sulfide) groups is 1. The van der Waals surface area contributed by atoms with Gasteiger partial charge in [0.15, 0.2) is 16.0 Å². The van der Waals surface area contributed by atoms with Gasteiger partial charge in [0.2, 0.25) is 5.50 Å². The fraction of sp³-hybridized carbons (Fsp3) is 0.440. The number of benzene rings is 1. The number of nitrogens with zero attached hydrogens (tertiary/aromatic N) is 1. The summed E-state index contributed by atoms with van der Waals surface area (Å²) in [5, 5.41) is 12.7. The lowest BCUT2D eigenvalue weighted by Crippen LogP contribution is -2.26. The number of carbonyl (C=O) groups excluding carboxylic acids is 1. The summed E-state index contributed by atoms with van der Waals surface area (Å²) in [6.07, 6.45) is 0.802. The first-order valence-electron chi connectivity index (χ1n) is 11.7. The van der Waals surface area contributed by atoms with Crippen molar-refractivity contribution in [2.75, 3.05) is 24.7 Å². The van der Waals surface area contributed by atoms with Gasteiger partial charge in [-0.1, -0.05) is 55.9 Å². The minimum Gasteiger partial charge on any atom is -0.448 e. The van der Waals surface area contributed by atoms with E-state index in [0.717, 1.165) is 28.6 Å². The number of thiazole rings is 1. The van der Waals surface area contributed by atoms with E-state index in [0.29, 0.717) is 29.0 Å². The molecule has 11 heteroatoms. The monoisotopic (exact) mass is 551 g/mol. The molecule has 0 fully saturated rings. The molecule has 8 nitrogen and oxygen atoms in total. The Hall–Kier alpha value is -1.94. The van der Waals surface area contributed by atoms with Crippen molar-refractivity contribution in [2.24, 2.45) is 11.3 Å². The predicted octanol–water partition coefficient (Wildman–Crippen LogP) is 5.09. The van der Waals surface area contributed by atoms with Gasteiger partial charge in [0.05, 0.1) is 18.6 Å². The Morgan fingerprint density at radius 3 is 2.67 bits per heavy atom. The maximum atomic E-state index is 14.0. The quantitative estimate of drug-likeness (QED) is 0.197. The Morgan fingerprint density at radius 1 is 1.28 bits per heavy atom. The van der Waals surface area contributed by atoms with Crippen LogP contribution in [0, 0.1) is 11.3 Å². The molecule has 0 radical (unpaired) electrons. The molecule has 0 spiro atoms. The Morgan fingerprint density at radius 2 is 2.00 bits per heavy atom. The molecule has 0 saturated carbocycles. The molecule has 3 aromatic rings. The summed E-state index contributed by atoms with van der Waals surface area (Å²) in [5.74, 6) is 1.18. The van der Waals surface area contributed by atoms with Crippen LogP contribution in [0.3, 0.4) is 0 Å². The molecule has 196 valence electrons. The van der Waals surface area contributed by atoms with E-state index in [9.17, 15) is 14.5 Å². The lowest BCUT2D eigenvalue weighted by Gasteiger charge is -2.20. The number of nitrogen functional groups attached to an aromatic ring is 1. The summed E-state index contributed by atoms with van der Waals surface area (Å²) in [6, 6.07) is 12.9. The van der Waals surface area contributed by atoms with Crippen molar-refractivity contribution in [1.29, 1.82) is 0 Å².